The molecule has 2 heterocycles. The zero-order valence-corrected chi connectivity index (χ0v) is 11.3. The van der Waals surface area contributed by atoms with Crippen LogP contribution in [0.2, 0.25) is 5.15 Å². The van der Waals surface area contributed by atoms with E-state index in [9.17, 15) is 8.42 Å². The molecule has 2 aromatic heterocycles. The first-order valence-corrected chi connectivity index (χ1v) is 6.88. The van der Waals surface area contributed by atoms with E-state index in [1.165, 1.54) is 17.1 Å². The number of halogens is 1. The molecule has 6 nitrogen and oxygen atoms in total. The number of hydrogen-bond acceptors (Lipinski definition) is 4. The van der Waals surface area contributed by atoms with Gasteiger partial charge in [-0.15, -0.1) is 0 Å². The molecular formula is C10H11ClN4O2S. The summed E-state index contributed by atoms with van der Waals surface area (Å²) in [4.78, 5) is 3.95. The van der Waals surface area contributed by atoms with Gasteiger partial charge in [-0.2, -0.15) is 5.10 Å². The van der Waals surface area contributed by atoms with Gasteiger partial charge >= 0.3 is 0 Å². The Labute approximate surface area is 110 Å². The van der Waals surface area contributed by atoms with Crippen LogP contribution in [0.1, 0.15) is 5.56 Å². The van der Waals surface area contributed by atoms with Crippen LogP contribution < -0.4 is 4.72 Å². The Bertz CT molecular complexity index is 681. The maximum absolute atomic E-state index is 12.0. The molecule has 0 saturated carbocycles. The first-order chi connectivity index (χ1) is 8.38. The number of aryl methyl sites for hydroxylation is 2. The Balaban J connectivity index is 2.36. The first-order valence-electron chi connectivity index (χ1n) is 5.02. The fourth-order valence-electron chi connectivity index (χ4n) is 1.37. The SMILES string of the molecule is Cc1cnc(Cl)c(NS(=O)(=O)c2cnn(C)c2)c1. The van der Waals surface area contributed by atoms with Crippen molar-refractivity contribution in [1.82, 2.24) is 14.8 Å². The maximum Gasteiger partial charge on any atom is 0.265 e. The quantitative estimate of drug-likeness (QED) is 0.869. The molecule has 0 amide bonds. The lowest BCUT2D eigenvalue weighted by Crippen LogP contribution is -2.13. The minimum atomic E-state index is -3.69. The van der Waals surface area contributed by atoms with Crippen LogP contribution in [-0.4, -0.2) is 23.2 Å². The van der Waals surface area contributed by atoms with Crippen LogP contribution in [0.3, 0.4) is 0 Å². The number of pyridine rings is 1. The Hall–Kier alpha value is -1.60. The molecule has 0 aliphatic carbocycles. The third-order valence-electron chi connectivity index (χ3n) is 2.21. The largest absolute Gasteiger partial charge is 0.276 e. The van der Waals surface area contributed by atoms with Gasteiger partial charge in [0.25, 0.3) is 10.0 Å². The zero-order valence-electron chi connectivity index (χ0n) is 9.75. The predicted molar refractivity (Wildman–Crippen MR) is 68.0 cm³/mol. The lowest BCUT2D eigenvalue weighted by molar-refractivity contribution is 0.601. The highest BCUT2D eigenvalue weighted by atomic mass is 35.5. The van der Waals surface area contributed by atoms with E-state index in [0.29, 0.717) is 0 Å². The summed E-state index contributed by atoms with van der Waals surface area (Å²) in [6.07, 6.45) is 4.23. The smallest absolute Gasteiger partial charge is 0.265 e. The van der Waals surface area contributed by atoms with E-state index in [1.807, 2.05) is 0 Å². The van der Waals surface area contributed by atoms with E-state index < -0.39 is 10.0 Å². The number of nitrogens with zero attached hydrogens (tertiary/aromatic N) is 3. The number of aromatic nitrogens is 3. The standard InChI is InChI=1S/C10H11ClN4O2S/c1-7-3-9(10(11)12-4-7)14-18(16,17)8-5-13-15(2)6-8/h3-6,14H,1-2H3. The highest BCUT2D eigenvalue weighted by molar-refractivity contribution is 7.92. The summed E-state index contributed by atoms with van der Waals surface area (Å²) in [5, 5.41) is 3.92. The second-order valence-corrected chi connectivity index (χ2v) is 5.85. The van der Waals surface area contributed by atoms with Crippen molar-refractivity contribution in [3.8, 4) is 0 Å². The molecule has 0 aliphatic rings. The van der Waals surface area contributed by atoms with Crippen LogP contribution in [0, 0.1) is 6.92 Å². The van der Waals surface area contributed by atoms with Gasteiger partial charge in [-0.25, -0.2) is 13.4 Å². The number of anilines is 1. The van der Waals surface area contributed by atoms with Crippen molar-refractivity contribution in [3.63, 3.8) is 0 Å². The molecule has 1 N–H and O–H groups in total. The van der Waals surface area contributed by atoms with Crippen molar-refractivity contribution >= 4 is 27.3 Å². The molecule has 0 saturated heterocycles. The molecule has 0 atom stereocenters. The van der Waals surface area contributed by atoms with Gasteiger partial charge in [0, 0.05) is 19.4 Å². The number of rotatable bonds is 3. The number of nitrogens with one attached hydrogen (secondary N) is 1. The van der Waals surface area contributed by atoms with Crippen molar-refractivity contribution in [2.75, 3.05) is 4.72 Å². The van der Waals surface area contributed by atoms with E-state index in [0.717, 1.165) is 5.56 Å². The normalized spacial score (nSPS) is 11.5. The van der Waals surface area contributed by atoms with Crippen molar-refractivity contribution in [2.45, 2.75) is 11.8 Å². The summed E-state index contributed by atoms with van der Waals surface area (Å²) in [6.45, 7) is 1.80. The Morgan fingerprint density at radius 2 is 2.11 bits per heavy atom. The van der Waals surface area contributed by atoms with Gasteiger partial charge in [-0.3, -0.25) is 9.40 Å². The molecule has 0 aromatic carbocycles. The molecule has 0 unspecified atom stereocenters. The average molecular weight is 287 g/mol. The van der Waals surface area contributed by atoms with Crippen molar-refractivity contribution in [3.05, 3.63) is 35.4 Å². The molecule has 0 spiro atoms. The summed E-state index contributed by atoms with van der Waals surface area (Å²) in [5.74, 6) is 0. The monoisotopic (exact) mass is 286 g/mol. The topological polar surface area (TPSA) is 76.9 Å². The number of sulfonamides is 1. The lowest BCUT2D eigenvalue weighted by Gasteiger charge is -2.07. The van der Waals surface area contributed by atoms with Crippen molar-refractivity contribution < 1.29 is 8.42 Å². The van der Waals surface area contributed by atoms with Crippen LogP contribution >= 0.6 is 11.6 Å². The van der Waals surface area contributed by atoms with Crippen LogP contribution in [0.25, 0.3) is 0 Å². The molecule has 18 heavy (non-hydrogen) atoms. The summed E-state index contributed by atoms with van der Waals surface area (Å²) in [5.41, 5.74) is 1.06. The summed E-state index contributed by atoms with van der Waals surface area (Å²) in [6, 6.07) is 1.61. The fourth-order valence-corrected chi connectivity index (χ4v) is 2.61. The second kappa shape index (κ2) is 4.58. The van der Waals surface area contributed by atoms with Crippen LogP contribution in [0.4, 0.5) is 5.69 Å². The van der Waals surface area contributed by atoms with Gasteiger partial charge in [0.1, 0.15) is 4.90 Å². The molecule has 8 heteroatoms. The Morgan fingerprint density at radius 1 is 1.39 bits per heavy atom. The molecule has 2 aromatic rings. The third-order valence-corrected chi connectivity index (χ3v) is 3.83. The molecule has 2 rings (SSSR count). The molecule has 0 fully saturated rings. The molecule has 0 radical (unpaired) electrons. The van der Waals surface area contributed by atoms with Crippen molar-refractivity contribution in [2.24, 2.45) is 7.05 Å². The van der Waals surface area contributed by atoms with Crippen LogP contribution in [0.15, 0.2) is 29.6 Å². The average Bonchev–Trinajstić information content (AvgIpc) is 2.71. The fraction of sp³-hybridized carbons (Fsp3) is 0.200. The lowest BCUT2D eigenvalue weighted by atomic mass is 10.3. The minimum Gasteiger partial charge on any atom is -0.276 e. The van der Waals surface area contributed by atoms with E-state index in [4.69, 9.17) is 11.6 Å². The van der Waals surface area contributed by atoms with E-state index in [2.05, 4.69) is 14.8 Å². The van der Waals surface area contributed by atoms with E-state index >= 15 is 0 Å². The second-order valence-electron chi connectivity index (χ2n) is 3.81. The zero-order chi connectivity index (χ0) is 13.3. The highest BCUT2D eigenvalue weighted by Gasteiger charge is 2.17. The Morgan fingerprint density at radius 3 is 2.72 bits per heavy atom. The van der Waals surface area contributed by atoms with Gasteiger partial charge < -0.3 is 0 Å². The number of hydrogen-bond donors (Lipinski definition) is 1. The molecular weight excluding hydrogens is 276 g/mol. The molecule has 0 bridgehead atoms. The summed E-state index contributed by atoms with van der Waals surface area (Å²) < 4.78 is 27.8. The summed E-state index contributed by atoms with van der Waals surface area (Å²) in [7, 11) is -2.05. The molecule has 96 valence electrons. The van der Waals surface area contributed by atoms with Crippen LogP contribution in [-0.2, 0) is 17.1 Å². The van der Waals surface area contributed by atoms with Crippen molar-refractivity contribution in [1.29, 1.82) is 0 Å². The van der Waals surface area contributed by atoms with Crippen LogP contribution in [0.5, 0.6) is 0 Å². The van der Waals surface area contributed by atoms with E-state index in [1.54, 1.807) is 26.2 Å². The van der Waals surface area contributed by atoms with Gasteiger partial charge in [-0.1, -0.05) is 11.6 Å². The Kier molecular flexibility index (Phi) is 3.27. The third kappa shape index (κ3) is 2.62. The minimum absolute atomic E-state index is 0.0718. The van der Waals surface area contributed by atoms with Gasteiger partial charge in [0.05, 0.1) is 11.9 Å². The highest BCUT2D eigenvalue weighted by Crippen LogP contribution is 2.23. The van der Waals surface area contributed by atoms with Gasteiger partial charge in [0.2, 0.25) is 0 Å². The molecule has 0 aliphatic heterocycles. The first kappa shape index (κ1) is 12.8. The van der Waals surface area contributed by atoms with Gasteiger partial charge in [-0.05, 0) is 18.6 Å². The predicted octanol–water partition coefficient (Wildman–Crippen LogP) is 1.58. The van der Waals surface area contributed by atoms with E-state index in [-0.39, 0.29) is 15.7 Å². The summed E-state index contributed by atoms with van der Waals surface area (Å²) >= 11 is 5.84. The van der Waals surface area contributed by atoms with Gasteiger partial charge in [0.15, 0.2) is 5.15 Å². The maximum atomic E-state index is 12.0.